The van der Waals surface area contributed by atoms with E-state index in [1.165, 1.54) is 180 Å². The van der Waals surface area contributed by atoms with Crippen LogP contribution in [0.4, 0.5) is 0 Å². The van der Waals surface area contributed by atoms with Gasteiger partial charge in [-0.2, -0.15) is 0 Å². The molecule has 1 aromatic heterocycles. The molecule has 12 heteroatoms. The average molecular weight is 851 g/mol. The predicted molar refractivity (Wildman–Crippen MR) is 333 cm³/mol. The lowest BCUT2D eigenvalue weighted by Gasteiger charge is -2.24. The summed E-state index contributed by atoms with van der Waals surface area (Å²) in [6.07, 6.45) is 0. The number of fused-ring (bicyclic) bond motifs is 3. The molecule has 0 spiro atoms. The summed E-state index contributed by atoms with van der Waals surface area (Å²) in [4.78, 5) is 0. The predicted octanol–water partition coefficient (Wildman–Crippen LogP) is -3.11. The Morgan fingerprint density at radius 3 is 1.12 bits per heavy atom. The fourth-order valence-corrected chi connectivity index (χ4v) is 12.7. The molecule has 0 aliphatic heterocycles. The van der Waals surface area contributed by atoms with Crippen LogP contribution in [0.25, 0.3) is 131 Å². The summed E-state index contributed by atoms with van der Waals surface area (Å²) in [5, 5.41) is 18.0. The minimum atomic E-state index is 0.987. The highest BCUT2D eigenvalue weighted by Crippen LogP contribution is 2.46. The summed E-state index contributed by atoms with van der Waals surface area (Å²) >= 11 is 0. The van der Waals surface area contributed by atoms with Crippen molar-refractivity contribution in [3.63, 3.8) is 0 Å². The first-order valence-corrected chi connectivity index (χ1v) is 24.3. The van der Waals surface area contributed by atoms with Gasteiger partial charge in [-0.3, -0.25) is 0 Å². The van der Waals surface area contributed by atoms with Crippen LogP contribution in [-0.4, -0.2) is 86.3 Å². The zero-order valence-corrected chi connectivity index (χ0v) is 41.0. The molecule has 0 fully saturated rings. The normalized spacial score (nSPS) is 12.2. The number of furan rings is 1. The average Bonchev–Trinajstić information content (AvgIpc) is 3.75. The summed E-state index contributed by atoms with van der Waals surface area (Å²) in [5.74, 6) is 0. The topological polar surface area (TPSA) is 13.1 Å². The monoisotopic (exact) mass is 852 g/mol. The first-order valence-electron chi connectivity index (χ1n) is 24.3. The lowest BCUT2D eigenvalue weighted by molar-refractivity contribution is 0.673. The van der Waals surface area contributed by atoms with Crippen molar-refractivity contribution in [3.05, 3.63) is 127 Å². The van der Waals surface area contributed by atoms with Gasteiger partial charge >= 0.3 is 0 Å². The van der Waals surface area contributed by atoms with E-state index >= 15 is 0 Å². The third-order valence-corrected chi connectivity index (χ3v) is 17.3. The van der Waals surface area contributed by atoms with Gasteiger partial charge in [0.25, 0.3) is 0 Å². The first-order chi connectivity index (χ1) is 32.8. The highest BCUT2D eigenvalue weighted by Gasteiger charge is 2.28. The molecule has 13 aromatic rings. The molecule has 0 unspecified atom stereocenters. The fourth-order valence-electron chi connectivity index (χ4n) is 12.7. The Morgan fingerprint density at radius 2 is 0.618 bits per heavy atom. The molecule has 0 atom stereocenters. The van der Waals surface area contributed by atoms with Gasteiger partial charge in [0.2, 0.25) is 0 Å². The quantitative estimate of drug-likeness (QED) is 0.135. The Hall–Kier alpha value is -6.77. The van der Waals surface area contributed by atoms with Crippen LogP contribution in [0.15, 0.2) is 132 Å². The molecular weight excluding hydrogens is 808 g/mol. The SMILES string of the molecule is Bc1c(B)c(B)c(-c2c(B)c(B)c(-c3cc(-c4ccc5ccc6cccc7ccc4c5c67)cc(-c4ccc5ccc6cccc7ccc4c5c67)c3)c3c2oc2c(B)c(B)c(B)c(B)c23)c(B)c1B. The lowest BCUT2D eigenvalue weighted by atomic mass is 9.58. The zero-order valence-electron chi connectivity index (χ0n) is 41.0. The molecular formula is C56H43B11O. The maximum Gasteiger partial charge on any atom is 0.143 e. The van der Waals surface area contributed by atoms with Crippen LogP contribution in [0, 0.1) is 0 Å². The molecule has 0 aliphatic carbocycles. The molecule has 1 heterocycles. The minimum Gasteiger partial charge on any atom is -0.456 e. The molecule has 0 radical (unpaired) electrons. The zero-order chi connectivity index (χ0) is 46.8. The second kappa shape index (κ2) is 14.6. The number of benzene rings is 12. The largest absolute Gasteiger partial charge is 0.456 e. The van der Waals surface area contributed by atoms with E-state index in [4.69, 9.17) is 4.42 Å². The van der Waals surface area contributed by atoms with Crippen LogP contribution in [-0.2, 0) is 0 Å². The van der Waals surface area contributed by atoms with Gasteiger partial charge < -0.3 is 4.42 Å². The molecule has 13 rings (SSSR count). The Labute approximate surface area is 407 Å². The van der Waals surface area contributed by atoms with Crippen LogP contribution >= 0.6 is 0 Å². The number of hydrogen-bond donors (Lipinski definition) is 0. The number of rotatable bonds is 4. The van der Waals surface area contributed by atoms with E-state index < -0.39 is 0 Å². The van der Waals surface area contributed by atoms with Gasteiger partial charge in [0, 0.05) is 16.3 Å². The van der Waals surface area contributed by atoms with E-state index in [0.29, 0.717) is 0 Å². The first kappa shape index (κ1) is 41.4. The van der Waals surface area contributed by atoms with Crippen LogP contribution in [0.1, 0.15) is 0 Å². The lowest BCUT2D eigenvalue weighted by Crippen LogP contribution is -2.55. The van der Waals surface area contributed by atoms with Crippen LogP contribution < -0.4 is 60.1 Å². The van der Waals surface area contributed by atoms with Crippen molar-refractivity contribution >= 4 is 233 Å². The van der Waals surface area contributed by atoms with Gasteiger partial charge in [0.15, 0.2) is 0 Å². The molecule has 68 heavy (non-hydrogen) atoms. The van der Waals surface area contributed by atoms with Crippen molar-refractivity contribution in [1.82, 2.24) is 0 Å². The highest BCUT2D eigenvalue weighted by atomic mass is 16.3. The van der Waals surface area contributed by atoms with Crippen molar-refractivity contribution in [1.29, 1.82) is 0 Å². The Kier molecular flexibility index (Phi) is 8.91. The van der Waals surface area contributed by atoms with Crippen molar-refractivity contribution in [2.45, 2.75) is 0 Å². The molecule has 306 valence electrons. The molecule has 0 bridgehead atoms. The fraction of sp³-hybridized carbons (Fsp3) is 0. The van der Waals surface area contributed by atoms with Gasteiger partial charge in [-0.05, 0) is 122 Å². The molecule has 0 amide bonds. The van der Waals surface area contributed by atoms with E-state index in [9.17, 15) is 0 Å². The van der Waals surface area contributed by atoms with Crippen molar-refractivity contribution in [3.8, 4) is 44.5 Å². The van der Waals surface area contributed by atoms with Crippen LogP contribution in [0.3, 0.4) is 0 Å². The summed E-state index contributed by atoms with van der Waals surface area (Å²) in [5.41, 5.74) is 26.3. The highest BCUT2D eigenvalue weighted by molar-refractivity contribution is 6.71. The van der Waals surface area contributed by atoms with Crippen LogP contribution in [0.2, 0.25) is 0 Å². The van der Waals surface area contributed by atoms with Gasteiger partial charge in [0.05, 0.1) is 0 Å². The third kappa shape index (κ3) is 5.49. The van der Waals surface area contributed by atoms with Gasteiger partial charge in [-0.15, -0.1) is 21.9 Å². The smallest absolute Gasteiger partial charge is 0.143 e. The van der Waals surface area contributed by atoms with Crippen LogP contribution in [0.5, 0.6) is 0 Å². The third-order valence-electron chi connectivity index (χ3n) is 17.3. The van der Waals surface area contributed by atoms with E-state index in [2.05, 4.69) is 214 Å². The summed E-state index contributed by atoms with van der Waals surface area (Å²) in [6.45, 7) is 0. The second-order valence-corrected chi connectivity index (χ2v) is 20.2. The Balaban J connectivity index is 1.20. The van der Waals surface area contributed by atoms with Crippen molar-refractivity contribution in [2.75, 3.05) is 0 Å². The maximum absolute atomic E-state index is 7.48. The Morgan fingerprint density at radius 1 is 0.250 bits per heavy atom. The molecule has 12 aromatic carbocycles. The van der Waals surface area contributed by atoms with E-state index in [1.807, 2.05) is 0 Å². The summed E-state index contributed by atoms with van der Waals surface area (Å²) in [7, 11) is 25.3. The van der Waals surface area contributed by atoms with Crippen molar-refractivity contribution < 1.29 is 4.42 Å². The molecule has 0 saturated heterocycles. The van der Waals surface area contributed by atoms with E-state index in [-0.39, 0.29) is 0 Å². The second-order valence-electron chi connectivity index (χ2n) is 20.2. The summed E-state index contributed by atoms with van der Waals surface area (Å²) in [6, 6.07) is 48.8. The molecule has 0 aliphatic rings. The summed E-state index contributed by atoms with van der Waals surface area (Å²) < 4.78 is 7.48. The Bertz CT molecular complexity index is 4170. The van der Waals surface area contributed by atoms with E-state index in [0.717, 1.165) is 11.2 Å². The molecule has 0 saturated carbocycles. The van der Waals surface area contributed by atoms with Gasteiger partial charge in [-0.25, -0.2) is 0 Å². The number of hydrogen-bond acceptors (Lipinski definition) is 1. The maximum atomic E-state index is 7.48. The van der Waals surface area contributed by atoms with E-state index in [1.54, 1.807) is 0 Å². The van der Waals surface area contributed by atoms with Gasteiger partial charge in [-0.1, -0.05) is 147 Å². The van der Waals surface area contributed by atoms with Crippen molar-refractivity contribution in [2.24, 2.45) is 0 Å². The minimum absolute atomic E-state index is 0.987. The van der Waals surface area contributed by atoms with Gasteiger partial charge in [0.1, 0.15) is 97.5 Å². The molecule has 0 N–H and O–H groups in total. The standard InChI is InChI=1S/C56H43B11O/c57-44-39(40-42-48(61)51(64)53(66)54(67)56(42)68-55(40)43(47(44)60)41-45(58)49(62)52(65)50(63)46(41)59)30-20-28(31-15-11-26-9-7-22-3-1-5-24-13-17-33(31)37(26)35(22)24)19-29(21-30)32-16-12-27-10-8-23-4-2-6-25-14-18-34(32)38(27)36(23)25/h1-21H,57-67H2. The molecule has 1 nitrogen and oxygen atoms in total.